The molecule has 3 rings (SSSR count). The molecular formula is C21H26ClN3O3S. The molecule has 0 radical (unpaired) electrons. The first-order valence-electron chi connectivity index (χ1n) is 9.69. The molecule has 0 unspecified atom stereocenters. The number of carbonyl (C=O) groups excluding carboxylic acids is 1. The first kappa shape index (κ1) is 21.8. The highest BCUT2D eigenvalue weighted by atomic mass is 35.5. The Labute approximate surface area is 177 Å². The van der Waals surface area contributed by atoms with E-state index < -0.39 is 10.0 Å². The lowest BCUT2D eigenvalue weighted by Gasteiger charge is -2.25. The van der Waals surface area contributed by atoms with Crippen LogP contribution in [0.25, 0.3) is 0 Å². The summed E-state index contributed by atoms with van der Waals surface area (Å²) in [5.74, 6) is -0.199. The van der Waals surface area contributed by atoms with Crippen molar-refractivity contribution in [1.29, 1.82) is 0 Å². The second-order valence-corrected chi connectivity index (χ2v) is 9.59. The molecule has 6 nitrogen and oxygen atoms in total. The van der Waals surface area contributed by atoms with Gasteiger partial charge >= 0.3 is 0 Å². The monoisotopic (exact) mass is 435 g/mol. The van der Waals surface area contributed by atoms with Crippen molar-refractivity contribution < 1.29 is 13.2 Å². The van der Waals surface area contributed by atoms with Gasteiger partial charge in [-0.15, -0.1) is 0 Å². The first-order chi connectivity index (χ1) is 13.8. The summed E-state index contributed by atoms with van der Waals surface area (Å²) in [6.07, 6.45) is 2.32. The van der Waals surface area contributed by atoms with Gasteiger partial charge in [0.1, 0.15) is 0 Å². The van der Waals surface area contributed by atoms with E-state index in [-0.39, 0.29) is 17.3 Å². The molecule has 1 aliphatic heterocycles. The Morgan fingerprint density at radius 1 is 1.07 bits per heavy atom. The normalized spacial score (nSPS) is 15.0. The number of hydrogen-bond acceptors (Lipinski definition) is 4. The van der Waals surface area contributed by atoms with Crippen LogP contribution in [-0.2, 0) is 21.4 Å². The number of hydrogen-bond donors (Lipinski definition) is 1. The molecule has 1 N–H and O–H groups in total. The molecule has 1 saturated heterocycles. The number of halogens is 1. The van der Waals surface area contributed by atoms with Gasteiger partial charge in [0.05, 0.1) is 4.90 Å². The fraction of sp³-hybridized carbons (Fsp3) is 0.381. The lowest BCUT2D eigenvalue weighted by atomic mass is 10.2. The van der Waals surface area contributed by atoms with E-state index in [1.165, 1.54) is 23.4 Å². The van der Waals surface area contributed by atoms with Crippen molar-refractivity contribution in [1.82, 2.24) is 9.21 Å². The summed E-state index contributed by atoms with van der Waals surface area (Å²) in [5.41, 5.74) is 1.45. The van der Waals surface area contributed by atoms with E-state index >= 15 is 0 Å². The lowest BCUT2D eigenvalue weighted by molar-refractivity contribution is -0.114. The molecule has 1 fully saturated rings. The summed E-state index contributed by atoms with van der Waals surface area (Å²) >= 11 is 5.96. The molecule has 1 heterocycles. The van der Waals surface area contributed by atoms with Gasteiger partial charge < -0.3 is 10.2 Å². The number of sulfonamides is 1. The van der Waals surface area contributed by atoms with Gasteiger partial charge in [-0.1, -0.05) is 23.7 Å². The van der Waals surface area contributed by atoms with Crippen LogP contribution < -0.4 is 5.32 Å². The van der Waals surface area contributed by atoms with Crippen molar-refractivity contribution in [2.24, 2.45) is 0 Å². The summed E-state index contributed by atoms with van der Waals surface area (Å²) in [6.45, 7) is 4.84. The van der Waals surface area contributed by atoms with Crippen molar-refractivity contribution in [2.45, 2.75) is 31.2 Å². The Morgan fingerprint density at radius 2 is 1.69 bits per heavy atom. The topological polar surface area (TPSA) is 69.7 Å². The summed E-state index contributed by atoms with van der Waals surface area (Å²) in [4.78, 5) is 13.7. The smallest absolute Gasteiger partial charge is 0.243 e. The molecule has 2 aromatic carbocycles. The third kappa shape index (κ3) is 6.02. The van der Waals surface area contributed by atoms with Crippen LogP contribution in [-0.4, -0.2) is 49.7 Å². The Kier molecular flexibility index (Phi) is 7.29. The van der Waals surface area contributed by atoms with Gasteiger partial charge in [-0.3, -0.25) is 4.79 Å². The van der Waals surface area contributed by atoms with Crippen molar-refractivity contribution in [3.8, 4) is 0 Å². The van der Waals surface area contributed by atoms with Gasteiger partial charge in [-0.25, -0.2) is 8.42 Å². The highest BCUT2D eigenvalue weighted by Gasteiger charge is 2.26. The predicted octanol–water partition coefficient (Wildman–Crippen LogP) is 3.59. The number of nitrogens with zero attached hydrogens (tertiary/aromatic N) is 2. The Bertz CT molecular complexity index is 925. The molecule has 8 heteroatoms. The molecular weight excluding hydrogens is 410 g/mol. The molecule has 1 aliphatic rings. The van der Waals surface area contributed by atoms with Gasteiger partial charge in [0, 0.05) is 37.3 Å². The number of likely N-dealkylation sites (tertiary alicyclic amines) is 1. The number of benzene rings is 2. The van der Waals surface area contributed by atoms with Gasteiger partial charge in [-0.05, 0) is 67.9 Å². The largest absolute Gasteiger partial charge is 0.326 e. The van der Waals surface area contributed by atoms with E-state index in [1.54, 1.807) is 24.3 Å². The maximum atomic E-state index is 13.3. The number of carbonyl (C=O) groups is 1. The highest BCUT2D eigenvalue weighted by molar-refractivity contribution is 7.89. The van der Waals surface area contributed by atoms with Crippen LogP contribution in [0.5, 0.6) is 0 Å². The summed E-state index contributed by atoms with van der Waals surface area (Å²) in [7, 11) is -3.69. The van der Waals surface area contributed by atoms with Crippen LogP contribution >= 0.6 is 11.6 Å². The van der Waals surface area contributed by atoms with E-state index in [4.69, 9.17) is 11.6 Å². The molecule has 0 bridgehead atoms. The predicted molar refractivity (Wildman–Crippen MR) is 115 cm³/mol. The van der Waals surface area contributed by atoms with E-state index in [9.17, 15) is 13.2 Å². The SMILES string of the molecule is CC(=O)Nc1ccc(S(=O)(=O)N(CCN2CCCC2)Cc2ccc(Cl)cc2)cc1. The zero-order chi connectivity index (χ0) is 20.9. The maximum Gasteiger partial charge on any atom is 0.243 e. The standard InChI is InChI=1S/C21H26ClN3O3S/c1-17(26)23-20-8-10-21(11-9-20)29(27,28)25(15-14-24-12-2-3-13-24)16-18-4-6-19(22)7-5-18/h4-11H,2-3,12-16H2,1H3,(H,23,26). The second kappa shape index (κ2) is 9.71. The van der Waals surface area contributed by atoms with Crippen LogP contribution in [0.15, 0.2) is 53.4 Å². The minimum absolute atomic E-state index is 0.199. The zero-order valence-electron chi connectivity index (χ0n) is 16.5. The second-order valence-electron chi connectivity index (χ2n) is 7.22. The molecule has 156 valence electrons. The van der Waals surface area contributed by atoms with E-state index in [2.05, 4.69) is 10.2 Å². The maximum absolute atomic E-state index is 13.3. The molecule has 0 aliphatic carbocycles. The van der Waals surface area contributed by atoms with Crippen LogP contribution in [0, 0.1) is 0 Å². The van der Waals surface area contributed by atoms with Crippen LogP contribution in [0.1, 0.15) is 25.3 Å². The zero-order valence-corrected chi connectivity index (χ0v) is 18.0. The Balaban J connectivity index is 1.81. The van der Waals surface area contributed by atoms with Crippen LogP contribution in [0.2, 0.25) is 5.02 Å². The van der Waals surface area contributed by atoms with Gasteiger partial charge in [0.25, 0.3) is 0 Å². The molecule has 0 atom stereocenters. The fourth-order valence-electron chi connectivity index (χ4n) is 3.40. The summed E-state index contributed by atoms with van der Waals surface area (Å²) in [6, 6.07) is 13.5. The van der Waals surface area contributed by atoms with Gasteiger partial charge in [-0.2, -0.15) is 4.31 Å². The van der Waals surface area contributed by atoms with Gasteiger partial charge in [0.2, 0.25) is 15.9 Å². The van der Waals surface area contributed by atoms with Crippen molar-refractivity contribution >= 4 is 33.2 Å². The Hall–Kier alpha value is -1.93. The van der Waals surface area contributed by atoms with E-state index in [0.717, 1.165) is 31.5 Å². The van der Waals surface area contributed by atoms with E-state index in [0.29, 0.717) is 23.8 Å². The summed E-state index contributed by atoms with van der Waals surface area (Å²) < 4.78 is 28.2. The fourth-order valence-corrected chi connectivity index (χ4v) is 4.94. The quantitative estimate of drug-likeness (QED) is 0.688. The number of anilines is 1. The molecule has 29 heavy (non-hydrogen) atoms. The van der Waals surface area contributed by atoms with Crippen molar-refractivity contribution in [3.05, 3.63) is 59.1 Å². The molecule has 2 aromatic rings. The highest BCUT2D eigenvalue weighted by Crippen LogP contribution is 2.22. The number of nitrogens with one attached hydrogen (secondary N) is 1. The number of rotatable bonds is 8. The Morgan fingerprint density at radius 3 is 2.28 bits per heavy atom. The average Bonchev–Trinajstić information content (AvgIpc) is 3.20. The van der Waals surface area contributed by atoms with Crippen molar-refractivity contribution in [3.63, 3.8) is 0 Å². The lowest BCUT2D eigenvalue weighted by Crippen LogP contribution is -2.37. The minimum atomic E-state index is -3.69. The van der Waals surface area contributed by atoms with E-state index in [1.807, 2.05) is 12.1 Å². The molecule has 0 aromatic heterocycles. The van der Waals surface area contributed by atoms with Crippen LogP contribution in [0.4, 0.5) is 5.69 Å². The molecule has 1 amide bonds. The summed E-state index contributed by atoms with van der Waals surface area (Å²) in [5, 5.41) is 3.27. The molecule has 0 spiro atoms. The molecule has 0 saturated carbocycles. The third-order valence-corrected chi connectivity index (χ3v) is 7.06. The van der Waals surface area contributed by atoms with Crippen LogP contribution in [0.3, 0.4) is 0 Å². The number of amides is 1. The first-order valence-corrected chi connectivity index (χ1v) is 11.5. The minimum Gasteiger partial charge on any atom is -0.326 e. The van der Waals surface area contributed by atoms with Gasteiger partial charge in [0.15, 0.2) is 0 Å². The van der Waals surface area contributed by atoms with Crippen molar-refractivity contribution in [2.75, 3.05) is 31.5 Å². The average molecular weight is 436 g/mol. The third-order valence-electron chi connectivity index (χ3n) is 4.95.